The lowest BCUT2D eigenvalue weighted by Crippen LogP contribution is -2.48. The van der Waals surface area contributed by atoms with Crippen molar-refractivity contribution >= 4 is 5.91 Å². The summed E-state index contributed by atoms with van der Waals surface area (Å²) in [4.78, 5) is 16.0. The Hall–Kier alpha value is -2.65. The Kier molecular flexibility index (Phi) is 4.40. The van der Waals surface area contributed by atoms with Gasteiger partial charge in [-0.3, -0.25) is 9.69 Å². The van der Waals surface area contributed by atoms with Crippen molar-refractivity contribution in [2.45, 2.75) is 6.54 Å². The van der Waals surface area contributed by atoms with Crippen LogP contribution in [-0.2, 0) is 6.54 Å². The Morgan fingerprint density at radius 1 is 1.26 bits per heavy atom. The van der Waals surface area contributed by atoms with E-state index in [1.807, 2.05) is 6.07 Å². The Balaban J connectivity index is 1.59. The molecule has 1 fully saturated rings. The number of amides is 1. The number of furan rings is 1. The third kappa shape index (κ3) is 3.41. The molecule has 0 N–H and O–H groups in total. The molecule has 0 radical (unpaired) electrons. The molecule has 0 atom stereocenters. The van der Waals surface area contributed by atoms with Gasteiger partial charge in [-0.1, -0.05) is 0 Å². The molecular formula is C17H16FN3O2. The molecule has 1 aromatic heterocycles. The van der Waals surface area contributed by atoms with Gasteiger partial charge in [0.25, 0.3) is 5.91 Å². The Morgan fingerprint density at radius 2 is 2.04 bits per heavy atom. The van der Waals surface area contributed by atoms with Gasteiger partial charge >= 0.3 is 0 Å². The number of nitriles is 1. The topological polar surface area (TPSA) is 60.5 Å². The van der Waals surface area contributed by atoms with E-state index >= 15 is 0 Å². The molecular weight excluding hydrogens is 297 g/mol. The average molecular weight is 313 g/mol. The molecule has 1 aliphatic heterocycles. The van der Waals surface area contributed by atoms with Crippen LogP contribution < -0.4 is 0 Å². The summed E-state index contributed by atoms with van der Waals surface area (Å²) in [6.45, 7) is 2.88. The summed E-state index contributed by atoms with van der Waals surface area (Å²) in [6.07, 6.45) is 1.48. The summed E-state index contributed by atoms with van der Waals surface area (Å²) in [5.41, 5.74) is 0.961. The highest BCUT2D eigenvalue weighted by Gasteiger charge is 2.24. The van der Waals surface area contributed by atoms with E-state index in [0.29, 0.717) is 49.6 Å². The molecule has 1 amide bonds. The van der Waals surface area contributed by atoms with Crippen molar-refractivity contribution in [2.24, 2.45) is 0 Å². The van der Waals surface area contributed by atoms with Gasteiger partial charge in [0.15, 0.2) is 5.76 Å². The normalized spacial score (nSPS) is 15.4. The van der Waals surface area contributed by atoms with E-state index in [-0.39, 0.29) is 11.7 Å². The number of carbonyl (C=O) groups is 1. The van der Waals surface area contributed by atoms with Crippen molar-refractivity contribution in [1.82, 2.24) is 9.80 Å². The highest BCUT2D eigenvalue weighted by molar-refractivity contribution is 5.91. The number of rotatable bonds is 3. The summed E-state index contributed by atoms with van der Waals surface area (Å²) in [7, 11) is 0. The number of hydrogen-bond acceptors (Lipinski definition) is 4. The minimum atomic E-state index is -0.307. The van der Waals surface area contributed by atoms with Gasteiger partial charge in [0.1, 0.15) is 5.82 Å². The minimum absolute atomic E-state index is 0.118. The molecule has 5 nitrogen and oxygen atoms in total. The van der Waals surface area contributed by atoms with Crippen LogP contribution in [0.3, 0.4) is 0 Å². The second kappa shape index (κ2) is 6.63. The highest BCUT2D eigenvalue weighted by atomic mass is 19.1. The molecule has 118 valence electrons. The lowest BCUT2D eigenvalue weighted by atomic mass is 10.1. The smallest absolute Gasteiger partial charge is 0.289 e. The lowest BCUT2D eigenvalue weighted by Gasteiger charge is -2.34. The van der Waals surface area contributed by atoms with Gasteiger partial charge in [0.2, 0.25) is 0 Å². The molecule has 6 heteroatoms. The first-order chi connectivity index (χ1) is 11.2. The standard InChI is InChI=1S/C17H16FN3O2/c18-15-4-3-13(11-19)10-14(15)12-20-5-7-21(8-6-20)17(22)16-2-1-9-23-16/h1-4,9-10H,5-8,12H2. The lowest BCUT2D eigenvalue weighted by molar-refractivity contribution is 0.0596. The van der Waals surface area contributed by atoms with Crippen LogP contribution in [0, 0.1) is 17.1 Å². The molecule has 0 bridgehead atoms. The molecule has 0 unspecified atom stereocenters. The Morgan fingerprint density at radius 3 is 2.70 bits per heavy atom. The van der Waals surface area contributed by atoms with Crippen molar-refractivity contribution in [1.29, 1.82) is 5.26 Å². The number of halogens is 1. The van der Waals surface area contributed by atoms with Gasteiger partial charge in [-0.05, 0) is 30.3 Å². The fourth-order valence-corrected chi connectivity index (χ4v) is 2.67. The molecule has 1 aromatic carbocycles. The average Bonchev–Trinajstić information content (AvgIpc) is 3.11. The first-order valence-electron chi connectivity index (χ1n) is 7.41. The van der Waals surface area contributed by atoms with Crippen LogP contribution in [0.4, 0.5) is 4.39 Å². The zero-order chi connectivity index (χ0) is 16.2. The van der Waals surface area contributed by atoms with E-state index < -0.39 is 0 Å². The third-order valence-electron chi connectivity index (χ3n) is 3.96. The number of piperazine rings is 1. The van der Waals surface area contributed by atoms with E-state index in [0.717, 1.165) is 0 Å². The third-order valence-corrected chi connectivity index (χ3v) is 3.96. The molecule has 3 rings (SSSR count). The summed E-state index contributed by atoms with van der Waals surface area (Å²) in [5, 5.41) is 8.91. The maximum atomic E-state index is 13.8. The van der Waals surface area contributed by atoms with E-state index in [1.165, 1.54) is 18.4 Å². The SMILES string of the molecule is N#Cc1ccc(F)c(CN2CCN(C(=O)c3ccco3)CC2)c1. The second-order valence-electron chi connectivity index (χ2n) is 5.46. The monoisotopic (exact) mass is 313 g/mol. The number of benzene rings is 1. The van der Waals surface area contributed by atoms with Crippen LogP contribution >= 0.6 is 0 Å². The maximum Gasteiger partial charge on any atom is 0.289 e. The predicted molar refractivity (Wildman–Crippen MR) is 81.0 cm³/mol. The molecule has 0 spiro atoms. The number of hydrogen-bond donors (Lipinski definition) is 0. The fourth-order valence-electron chi connectivity index (χ4n) is 2.67. The zero-order valence-electron chi connectivity index (χ0n) is 12.5. The molecule has 1 saturated heterocycles. The Bertz CT molecular complexity index is 729. The molecule has 2 heterocycles. The first-order valence-corrected chi connectivity index (χ1v) is 7.41. The number of nitrogens with zero attached hydrogens (tertiary/aromatic N) is 3. The minimum Gasteiger partial charge on any atom is -0.459 e. The van der Waals surface area contributed by atoms with Gasteiger partial charge in [-0.2, -0.15) is 5.26 Å². The van der Waals surface area contributed by atoms with Crippen molar-refractivity contribution < 1.29 is 13.6 Å². The molecule has 0 saturated carbocycles. The zero-order valence-corrected chi connectivity index (χ0v) is 12.5. The quantitative estimate of drug-likeness (QED) is 0.872. The van der Waals surface area contributed by atoms with Crippen LogP contribution in [-0.4, -0.2) is 41.9 Å². The van der Waals surface area contributed by atoms with Crippen LogP contribution in [0.15, 0.2) is 41.0 Å². The van der Waals surface area contributed by atoms with Gasteiger partial charge < -0.3 is 9.32 Å². The van der Waals surface area contributed by atoms with E-state index in [1.54, 1.807) is 23.1 Å². The summed E-state index contributed by atoms with van der Waals surface area (Å²) >= 11 is 0. The van der Waals surface area contributed by atoms with Crippen LogP contribution in [0.25, 0.3) is 0 Å². The van der Waals surface area contributed by atoms with Crippen LogP contribution in [0.2, 0.25) is 0 Å². The van der Waals surface area contributed by atoms with Crippen molar-refractivity contribution in [3.05, 3.63) is 59.3 Å². The van der Waals surface area contributed by atoms with Gasteiger partial charge in [-0.15, -0.1) is 0 Å². The van der Waals surface area contributed by atoms with E-state index in [4.69, 9.17) is 9.68 Å². The van der Waals surface area contributed by atoms with Crippen LogP contribution in [0.1, 0.15) is 21.7 Å². The summed E-state index contributed by atoms with van der Waals surface area (Å²) < 4.78 is 19.0. The van der Waals surface area contributed by atoms with E-state index in [9.17, 15) is 9.18 Å². The van der Waals surface area contributed by atoms with Gasteiger partial charge in [-0.25, -0.2) is 4.39 Å². The van der Waals surface area contributed by atoms with Crippen LogP contribution in [0.5, 0.6) is 0 Å². The van der Waals surface area contributed by atoms with Crippen molar-refractivity contribution in [3.8, 4) is 6.07 Å². The molecule has 2 aromatic rings. The fraction of sp³-hybridized carbons (Fsp3) is 0.294. The number of carbonyl (C=O) groups excluding carboxylic acids is 1. The van der Waals surface area contributed by atoms with Crippen molar-refractivity contribution in [3.63, 3.8) is 0 Å². The first kappa shape index (κ1) is 15.3. The second-order valence-corrected chi connectivity index (χ2v) is 5.46. The van der Waals surface area contributed by atoms with E-state index in [2.05, 4.69) is 4.90 Å². The van der Waals surface area contributed by atoms with Gasteiger partial charge in [0.05, 0.1) is 17.9 Å². The summed E-state index contributed by atoms with van der Waals surface area (Å²) in [5.74, 6) is -0.0865. The Labute approximate surface area is 133 Å². The molecule has 23 heavy (non-hydrogen) atoms. The molecule has 1 aliphatic rings. The maximum absolute atomic E-state index is 13.8. The molecule has 0 aliphatic carbocycles. The summed E-state index contributed by atoms with van der Waals surface area (Å²) in [6, 6.07) is 9.73. The predicted octanol–water partition coefficient (Wildman–Crippen LogP) is 2.25. The van der Waals surface area contributed by atoms with Crippen molar-refractivity contribution in [2.75, 3.05) is 26.2 Å². The largest absolute Gasteiger partial charge is 0.459 e. The van der Waals surface area contributed by atoms with Gasteiger partial charge in [0, 0.05) is 38.3 Å². The highest BCUT2D eigenvalue weighted by Crippen LogP contribution is 2.15.